The molecule has 0 aliphatic rings. The van der Waals surface area contributed by atoms with E-state index in [-0.39, 0.29) is 5.56 Å². The molecule has 0 aromatic heterocycles. The van der Waals surface area contributed by atoms with Crippen LogP contribution in [0.3, 0.4) is 0 Å². The summed E-state index contributed by atoms with van der Waals surface area (Å²) in [6.07, 6.45) is 0. The number of hydrogen-bond acceptors (Lipinski definition) is 1. The first-order valence-electron chi connectivity index (χ1n) is 5.50. The van der Waals surface area contributed by atoms with Crippen molar-refractivity contribution in [3.05, 3.63) is 62.3 Å². The number of hydrogen-bond donors (Lipinski definition) is 1. The largest absolute Gasteiger partial charge is 0.321 e. The molecule has 0 heterocycles. The van der Waals surface area contributed by atoms with E-state index in [1.807, 2.05) is 0 Å². The van der Waals surface area contributed by atoms with Gasteiger partial charge in [-0.15, -0.1) is 0 Å². The summed E-state index contributed by atoms with van der Waals surface area (Å²) in [5.41, 5.74) is 1.40. The van der Waals surface area contributed by atoms with Crippen molar-refractivity contribution >= 4 is 43.5 Å². The zero-order valence-corrected chi connectivity index (χ0v) is 13.2. The molecule has 2 rings (SSSR count). The maximum Gasteiger partial charge on any atom is 0.258 e. The number of halogens is 3. The molecule has 1 N–H and O–H groups in total. The van der Waals surface area contributed by atoms with Crippen molar-refractivity contribution in [2.45, 2.75) is 6.92 Å². The van der Waals surface area contributed by atoms with E-state index in [9.17, 15) is 9.18 Å². The van der Waals surface area contributed by atoms with Crippen LogP contribution in [0, 0.1) is 12.7 Å². The van der Waals surface area contributed by atoms with Crippen molar-refractivity contribution in [2.75, 3.05) is 5.32 Å². The molecule has 0 spiro atoms. The molecule has 0 radical (unpaired) electrons. The van der Waals surface area contributed by atoms with Crippen LogP contribution in [0.1, 0.15) is 15.9 Å². The normalized spacial score (nSPS) is 10.3. The summed E-state index contributed by atoms with van der Waals surface area (Å²) in [5, 5.41) is 2.67. The second-order valence-corrected chi connectivity index (χ2v) is 5.83. The predicted molar refractivity (Wildman–Crippen MR) is 80.9 cm³/mol. The van der Waals surface area contributed by atoms with E-state index in [2.05, 4.69) is 37.2 Å². The van der Waals surface area contributed by atoms with Gasteiger partial charge < -0.3 is 5.32 Å². The van der Waals surface area contributed by atoms with Crippen LogP contribution in [0.25, 0.3) is 0 Å². The van der Waals surface area contributed by atoms with Gasteiger partial charge in [0.1, 0.15) is 5.82 Å². The first kappa shape index (κ1) is 14.2. The van der Waals surface area contributed by atoms with Crippen LogP contribution >= 0.6 is 31.9 Å². The highest BCUT2D eigenvalue weighted by Crippen LogP contribution is 2.26. The predicted octanol–water partition coefficient (Wildman–Crippen LogP) is 4.91. The summed E-state index contributed by atoms with van der Waals surface area (Å²) in [7, 11) is 0. The third-order valence-corrected chi connectivity index (χ3v) is 3.70. The lowest BCUT2D eigenvalue weighted by Gasteiger charge is -2.08. The van der Waals surface area contributed by atoms with Gasteiger partial charge in [0.15, 0.2) is 0 Å². The Bertz CT molecular complexity index is 643. The Labute approximate surface area is 127 Å². The van der Waals surface area contributed by atoms with Crippen molar-refractivity contribution in [1.29, 1.82) is 0 Å². The minimum absolute atomic E-state index is 0.0282. The molecule has 19 heavy (non-hydrogen) atoms. The Kier molecular flexibility index (Phi) is 4.37. The second kappa shape index (κ2) is 5.84. The maximum atomic E-state index is 13.7. The molecule has 0 saturated carbocycles. The average Bonchev–Trinajstić information content (AvgIpc) is 2.32. The fraction of sp³-hybridized carbons (Fsp3) is 0.0714. The van der Waals surface area contributed by atoms with Gasteiger partial charge in [0, 0.05) is 8.95 Å². The van der Waals surface area contributed by atoms with Crippen LogP contribution in [-0.2, 0) is 0 Å². The molecule has 0 aliphatic carbocycles. The highest BCUT2D eigenvalue weighted by molar-refractivity contribution is 9.11. The van der Waals surface area contributed by atoms with Crippen molar-refractivity contribution in [3.8, 4) is 0 Å². The van der Waals surface area contributed by atoms with Crippen LogP contribution in [0.2, 0.25) is 0 Å². The van der Waals surface area contributed by atoms with E-state index in [0.717, 1.165) is 14.5 Å². The van der Waals surface area contributed by atoms with Gasteiger partial charge in [0.2, 0.25) is 0 Å². The lowest BCUT2D eigenvalue weighted by Crippen LogP contribution is -2.14. The molecular weight excluding hydrogens is 377 g/mol. The molecule has 1 amide bonds. The number of carbonyl (C=O) groups excluding carboxylic acids is 1. The topological polar surface area (TPSA) is 29.1 Å². The number of aryl methyl sites for hydroxylation is 1. The molecule has 0 saturated heterocycles. The van der Waals surface area contributed by atoms with Crippen molar-refractivity contribution in [3.63, 3.8) is 0 Å². The standard InChI is InChI=1S/C14H10Br2FNO/c1-8-2-4-10(12(17)6-8)14(19)18-13-5-3-9(15)7-11(13)16/h2-7H,1H3,(H,18,19). The Morgan fingerprint density at radius 2 is 1.89 bits per heavy atom. The number of anilines is 1. The summed E-state index contributed by atoms with van der Waals surface area (Å²) in [4.78, 5) is 12.0. The molecular formula is C14H10Br2FNO. The molecule has 2 nitrogen and oxygen atoms in total. The zero-order valence-electron chi connectivity index (χ0n) is 10.0. The summed E-state index contributed by atoms with van der Waals surface area (Å²) in [6, 6.07) is 9.86. The first-order valence-corrected chi connectivity index (χ1v) is 7.08. The SMILES string of the molecule is Cc1ccc(C(=O)Nc2ccc(Br)cc2Br)c(F)c1. The van der Waals surface area contributed by atoms with Crippen LogP contribution in [0.4, 0.5) is 10.1 Å². The summed E-state index contributed by atoms with van der Waals surface area (Å²) >= 11 is 6.66. The van der Waals surface area contributed by atoms with E-state index in [1.54, 1.807) is 31.2 Å². The van der Waals surface area contributed by atoms with Gasteiger partial charge in [-0.1, -0.05) is 22.0 Å². The summed E-state index contributed by atoms with van der Waals surface area (Å²) in [5.74, 6) is -0.994. The van der Waals surface area contributed by atoms with Gasteiger partial charge in [-0.05, 0) is 58.7 Å². The van der Waals surface area contributed by atoms with Crippen LogP contribution in [-0.4, -0.2) is 5.91 Å². The number of rotatable bonds is 2. The highest BCUT2D eigenvalue weighted by atomic mass is 79.9. The van der Waals surface area contributed by atoms with Gasteiger partial charge in [0.25, 0.3) is 5.91 Å². The van der Waals surface area contributed by atoms with Gasteiger partial charge >= 0.3 is 0 Å². The minimum atomic E-state index is -0.522. The number of benzene rings is 2. The molecule has 0 aliphatic heterocycles. The molecule has 2 aromatic rings. The van der Waals surface area contributed by atoms with Crippen molar-refractivity contribution in [1.82, 2.24) is 0 Å². The van der Waals surface area contributed by atoms with E-state index < -0.39 is 11.7 Å². The molecule has 0 atom stereocenters. The Morgan fingerprint density at radius 1 is 1.16 bits per heavy atom. The second-order valence-electron chi connectivity index (χ2n) is 4.06. The van der Waals surface area contributed by atoms with E-state index >= 15 is 0 Å². The smallest absolute Gasteiger partial charge is 0.258 e. The van der Waals surface area contributed by atoms with Crippen molar-refractivity contribution < 1.29 is 9.18 Å². The monoisotopic (exact) mass is 385 g/mol. The molecule has 0 bridgehead atoms. The average molecular weight is 387 g/mol. The zero-order chi connectivity index (χ0) is 14.0. The quantitative estimate of drug-likeness (QED) is 0.780. The number of carbonyl (C=O) groups is 1. The highest BCUT2D eigenvalue weighted by Gasteiger charge is 2.13. The lowest BCUT2D eigenvalue weighted by atomic mass is 10.1. The Balaban J connectivity index is 2.25. The molecule has 5 heteroatoms. The molecule has 2 aromatic carbocycles. The third kappa shape index (κ3) is 3.42. The fourth-order valence-electron chi connectivity index (χ4n) is 1.58. The summed E-state index contributed by atoms with van der Waals surface area (Å²) < 4.78 is 15.3. The minimum Gasteiger partial charge on any atom is -0.321 e. The fourth-order valence-corrected chi connectivity index (χ4v) is 2.73. The molecule has 0 fully saturated rings. The van der Waals surface area contributed by atoms with Gasteiger partial charge in [0.05, 0.1) is 11.3 Å². The van der Waals surface area contributed by atoms with Crippen molar-refractivity contribution in [2.24, 2.45) is 0 Å². The van der Waals surface area contributed by atoms with Gasteiger partial charge in [-0.3, -0.25) is 4.79 Å². The lowest BCUT2D eigenvalue weighted by molar-refractivity contribution is 0.102. The van der Waals surface area contributed by atoms with Crippen LogP contribution in [0.5, 0.6) is 0 Å². The van der Waals surface area contributed by atoms with Gasteiger partial charge in [-0.25, -0.2) is 4.39 Å². The molecule has 0 unspecified atom stereocenters. The molecule has 98 valence electrons. The van der Waals surface area contributed by atoms with E-state index in [0.29, 0.717) is 5.69 Å². The van der Waals surface area contributed by atoms with Crippen LogP contribution in [0.15, 0.2) is 45.3 Å². The van der Waals surface area contributed by atoms with E-state index in [1.165, 1.54) is 12.1 Å². The van der Waals surface area contributed by atoms with Gasteiger partial charge in [-0.2, -0.15) is 0 Å². The summed E-state index contributed by atoms with van der Waals surface area (Å²) in [6.45, 7) is 1.77. The maximum absolute atomic E-state index is 13.7. The van der Waals surface area contributed by atoms with Crippen LogP contribution < -0.4 is 5.32 Å². The first-order chi connectivity index (χ1) is 8.97. The Hall–Kier alpha value is -1.20. The Morgan fingerprint density at radius 3 is 2.53 bits per heavy atom. The number of nitrogens with one attached hydrogen (secondary N) is 1. The van der Waals surface area contributed by atoms with E-state index in [4.69, 9.17) is 0 Å². The third-order valence-electron chi connectivity index (χ3n) is 2.55. The number of amides is 1.